The van der Waals surface area contributed by atoms with Crippen LogP contribution in [0.15, 0.2) is 48.5 Å². The summed E-state index contributed by atoms with van der Waals surface area (Å²) in [6, 6.07) is 15.6. The van der Waals surface area contributed by atoms with Crippen molar-refractivity contribution >= 4 is 23.0 Å². The molecule has 0 amide bonds. The van der Waals surface area contributed by atoms with Gasteiger partial charge in [-0.25, -0.2) is 0 Å². The Bertz CT molecular complexity index is 614. The van der Waals surface area contributed by atoms with Crippen LogP contribution in [-0.2, 0) is 6.42 Å². The van der Waals surface area contributed by atoms with Crippen molar-refractivity contribution in [2.75, 3.05) is 26.1 Å². The van der Waals surface area contributed by atoms with E-state index in [1.807, 2.05) is 42.5 Å². The maximum atomic E-state index is 5.33. The molecule has 0 fully saturated rings. The van der Waals surface area contributed by atoms with Crippen LogP contribution in [-0.4, -0.2) is 25.9 Å². The fourth-order valence-electron chi connectivity index (χ4n) is 2.07. The van der Waals surface area contributed by atoms with Gasteiger partial charge in [-0.15, -0.1) is 0 Å². The molecule has 0 unspecified atom stereocenters. The van der Waals surface area contributed by atoms with Gasteiger partial charge in [0, 0.05) is 12.2 Å². The molecule has 116 valence electrons. The number of anilines is 1. The number of hydrogen-bond acceptors (Lipinski definition) is 3. The van der Waals surface area contributed by atoms with Gasteiger partial charge in [-0.3, -0.25) is 0 Å². The second kappa shape index (κ2) is 8.24. The third kappa shape index (κ3) is 4.63. The number of thiocarbonyl (C=S) groups is 1. The second-order valence-corrected chi connectivity index (χ2v) is 5.08. The standard InChI is InChI=1S/C17H20N2O2S/c1-20-15-9-7-14(8-10-15)19-17(22)18-12-11-13-5-3-4-6-16(13)21-2/h3-10H,11-12H2,1-2H3,(H2,18,19,22). The van der Waals surface area contributed by atoms with E-state index in [4.69, 9.17) is 21.7 Å². The summed E-state index contributed by atoms with van der Waals surface area (Å²) in [6.45, 7) is 0.738. The minimum Gasteiger partial charge on any atom is -0.497 e. The van der Waals surface area contributed by atoms with Crippen LogP contribution >= 0.6 is 12.2 Å². The lowest BCUT2D eigenvalue weighted by Crippen LogP contribution is -2.30. The summed E-state index contributed by atoms with van der Waals surface area (Å²) in [6.07, 6.45) is 0.842. The minimum absolute atomic E-state index is 0.597. The topological polar surface area (TPSA) is 42.5 Å². The first-order valence-electron chi connectivity index (χ1n) is 7.03. The molecule has 0 aliphatic carbocycles. The molecular weight excluding hydrogens is 296 g/mol. The molecule has 0 atom stereocenters. The van der Waals surface area contributed by atoms with Crippen molar-refractivity contribution in [3.05, 3.63) is 54.1 Å². The van der Waals surface area contributed by atoms with E-state index in [-0.39, 0.29) is 0 Å². The summed E-state index contributed by atoms with van der Waals surface area (Å²) in [7, 11) is 3.33. The smallest absolute Gasteiger partial charge is 0.170 e. The summed E-state index contributed by atoms with van der Waals surface area (Å²) in [5.41, 5.74) is 2.08. The molecule has 2 rings (SSSR count). The highest BCUT2D eigenvalue weighted by Crippen LogP contribution is 2.17. The molecule has 0 radical (unpaired) electrons. The Balaban J connectivity index is 1.80. The molecule has 2 aromatic rings. The number of methoxy groups -OCH3 is 2. The first-order valence-corrected chi connectivity index (χ1v) is 7.44. The highest BCUT2D eigenvalue weighted by molar-refractivity contribution is 7.80. The average Bonchev–Trinajstić information content (AvgIpc) is 2.56. The summed E-state index contributed by atoms with van der Waals surface area (Å²) in [4.78, 5) is 0. The summed E-state index contributed by atoms with van der Waals surface area (Å²) in [5.74, 6) is 1.72. The predicted molar refractivity (Wildman–Crippen MR) is 93.9 cm³/mol. The summed E-state index contributed by atoms with van der Waals surface area (Å²) >= 11 is 5.29. The molecule has 0 bridgehead atoms. The maximum Gasteiger partial charge on any atom is 0.170 e. The molecule has 0 saturated carbocycles. The van der Waals surface area contributed by atoms with Crippen molar-refractivity contribution in [2.45, 2.75) is 6.42 Å². The Morgan fingerprint density at radius 3 is 2.41 bits per heavy atom. The highest BCUT2D eigenvalue weighted by atomic mass is 32.1. The molecule has 0 saturated heterocycles. The van der Waals surface area contributed by atoms with E-state index in [1.165, 1.54) is 0 Å². The van der Waals surface area contributed by atoms with Gasteiger partial charge in [0.15, 0.2) is 5.11 Å². The van der Waals surface area contributed by atoms with Gasteiger partial charge < -0.3 is 20.1 Å². The van der Waals surface area contributed by atoms with Crippen LogP contribution in [0.4, 0.5) is 5.69 Å². The summed E-state index contributed by atoms with van der Waals surface area (Å²) < 4.78 is 10.5. The number of nitrogens with one attached hydrogen (secondary N) is 2. The quantitative estimate of drug-likeness (QED) is 0.801. The van der Waals surface area contributed by atoms with Crippen LogP contribution in [0.3, 0.4) is 0 Å². The highest BCUT2D eigenvalue weighted by Gasteiger charge is 2.02. The lowest BCUT2D eigenvalue weighted by molar-refractivity contribution is 0.409. The number of benzene rings is 2. The van der Waals surface area contributed by atoms with Crippen LogP contribution in [0, 0.1) is 0 Å². The van der Waals surface area contributed by atoms with Gasteiger partial charge in [0.05, 0.1) is 14.2 Å². The van der Waals surface area contributed by atoms with Crippen molar-refractivity contribution in [1.82, 2.24) is 5.32 Å². The lowest BCUT2D eigenvalue weighted by Gasteiger charge is -2.12. The molecule has 4 nitrogen and oxygen atoms in total. The van der Waals surface area contributed by atoms with E-state index in [0.29, 0.717) is 5.11 Å². The first kappa shape index (κ1) is 16.1. The Kier molecular flexibility index (Phi) is 6.03. The van der Waals surface area contributed by atoms with E-state index in [0.717, 1.165) is 35.7 Å². The third-order valence-electron chi connectivity index (χ3n) is 3.22. The fraction of sp³-hybridized carbons (Fsp3) is 0.235. The Morgan fingerprint density at radius 2 is 1.73 bits per heavy atom. The molecule has 5 heteroatoms. The summed E-state index contributed by atoms with van der Waals surface area (Å²) in [5, 5.41) is 6.93. The number of hydrogen-bond donors (Lipinski definition) is 2. The Morgan fingerprint density at radius 1 is 1.00 bits per heavy atom. The SMILES string of the molecule is COc1ccc(NC(=S)NCCc2ccccc2OC)cc1. The van der Waals surface area contributed by atoms with Crippen molar-refractivity contribution < 1.29 is 9.47 Å². The van der Waals surface area contributed by atoms with Gasteiger partial charge in [-0.1, -0.05) is 18.2 Å². The minimum atomic E-state index is 0.597. The Labute approximate surface area is 136 Å². The molecule has 0 aromatic heterocycles. The van der Waals surface area contributed by atoms with Gasteiger partial charge in [0.25, 0.3) is 0 Å². The molecule has 22 heavy (non-hydrogen) atoms. The fourth-order valence-corrected chi connectivity index (χ4v) is 2.29. The first-order chi connectivity index (χ1) is 10.7. The zero-order valence-corrected chi connectivity index (χ0v) is 13.6. The van der Waals surface area contributed by atoms with Gasteiger partial charge in [0.2, 0.25) is 0 Å². The van der Waals surface area contributed by atoms with Crippen LogP contribution in [0.2, 0.25) is 0 Å². The molecule has 2 N–H and O–H groups in total. The second-order valence-electron chi connectivity index (χ2n) is 4.67. The van der Waals surface area contributed by atoms with E-state index in [2.05, 4.69) is 16.7 Å². The molecule has 0 aliphatic rings. The van der Waals surface area contributed by atoms with E-state index in [1.54, 1.807) is 14.2 Å². The zero-order chi connectivity index (χ0) is 15.8. The van der Waals surface area contributed by atoms with Gasteiger partial charge in [-0.05, 0) is 54.5 Å². The largest absolute Gasteiger partial charge is 0.497 e. The molecular formula is C17H20N2O2S. The molecule has 0 spiro atoms. The molecule has 0 heterocycles. The van der Waals surface area contributed by atoms with Crippen molar-refractivity contribution in [2.24, 2.45) is 0 Å². The van der Waals surface area contributed by atoms with E-state index >= 15 is 0 Å². The van der Waals surface area contributed by atoms with Crippen LogP contribution < -0.4 is 20.1 Å². The van der Waals surface area contributed by atoms with Gasteiger partial charge in [-0.2, -0.15) is 0 Å². The van der Waals surface area contributed by atoms with Crippen molar-refractivity contribution in [3.8, 4) is 11.5 Å². The predicted octanol–water partition coefficient (Wildman–Crippen LogP) is 3.23. The zero-order valence-electron chi connectivity index (χ0n) is 12.8. The van der Waals surface area contributed by atoms with E-state index in [9.17, 15) is 0 Å². The number of ether oxygens (including phenoxy) is 2. The number of para-hydroxylation sites is 1. The lowest BCUT2D eigenvalue weighted by atomic mass is 10.1. The van der Waals surface area contributed by atoms with Gasteiger partial charge in [0.1, 0.15) is 11.5 Å². The molecule has 2 aromatic carbocycles. The van der Waals surface area contributed by atoms with Crippen LogP contribution in [0.5, 0.6) is 11.5 Å². The van der Waals surface area contributed by atoms with Crippen molar-refractivity contribution in [3.63, 3.8) is 0 Å². The third-order valence-corrected chi connectivity index (χ3v) is 3.47. The van der Waals surface area contributed by atoms with Crippen LogP contribution in [0.1, 0.15) is 5.56 Å². The van der Waals surface area contributed by atoms with E-state index < -0.39 is 0 Å². The maximum absolute atomic E-state index is 5.33. The van der Waals surface area contributed by atoms with Crippen LogP contribution in [0.25, 0.3) is 0 Å². The average molecular weight is 316 g/mol. The molecule has 0 aliphatic heterocycles. The Hall–Kier alpha value is -2.27. The van der Waals surface area contributed by atoms with Gasteiger partial charge >= 0.3 is 0 Å². The monoisotopic (exact) mass is 316 g/mol. The number of rotatable bonds is 6. The van der Waals surface area contributed by atoms with Crippen molar-refractivity contribution in [1.29, 1.82) is 0 Å². The normalized spacial score (nSPS) is 9.91.